The van der Waals surface area contributed by atoms with Crippen molar-refractivity contribution in [3.05, 3.63) is 39.0 Å². The van der Waals surface area contributed by atoms with Crippen molar-refractivity contribution in [2.75, 3.05) is 0 Å². The zero-order valence-corrected chi connectivity index (χ0v) is 10.3. The van der Waals surface area contributed by atoms with Crippen molar-refractivity contribution >= 4 is 0 Å². The Kier molecular flexibility index (Phi) is 2.93. The summed E-state index contributed by atoms with van der Waals surface area (Å²) in [6.45, 7) is 5.16. The molecule has 92 valence electrons. The van der Waals surface area contributed by atoms with Crippen molar-refractivity contribution in [3.8, 4) is 6.07 Å². The van der Waals surface area contributed by atoms with Crippen LogP contribution in [0.3, 0.4) is 0 Å². The van der Waals surface area contributed by atoms with Gasteiger partial charge in [0.25, 0.3) is 5.56 Å². The van der Waals surface area contributed by atoms with Crippen LogP contribution in [0.15, 0.2) is 9.21 Å². The molecule has 0 atom stereocenters. The first-order valence-corrected chi connectivity index (χ1v) is 5.30. The molecule has 0 saturated heterocycles. The van der Waals surface area contributed by atoms with Crippen LogP contribution in [0.5, 0.6) is 0 Å². The Labute approximate surface area is 103 Å². The van der Waals surface area contributed by atoms with Crippen LogP contribution in [0.25, 0.3) is 0 Å². The van der Waals surface area contributed by atoms with Gasteiger partial charge in [0.2, 0.25) is 11.8 Å². The Hall–Kier alpha value is -2.49. The highest BCUT2D eigenvalue weighted by Gasteiger charge is 2.13. The topological polar surface area (TPSA) is 97.6 Å². The summed E-state index contributed by atoms with van der Waals surface area (Å²) < 4.78 is 6.34. The van der Waals surface area contributed by atoms with Gasteiger partial charge in [0.1, 0.15) is 18.2 Å². The Morgan fingerprint density at radius 1 is 1.33 bits per heavy atom. The smallest absolute Gasteiger partial charge is 0.285 e. The number of hydrogen-bond acceptors (Lipinski definition) is 6. The van der Waals surface area contributed by atoms with Crippen molar-refractivity contribution in [3.63, 3.8) is 0 Å². The predicted octanol–water partition coefficient (Wildman–Crippen LogP) is 0.472. The summed E-state index contributed by atoms with van der Waals surface area (Å²) in [7, 11) is 0. The van der Waals surface area contributed by atoms with E-state index in [2.05, 4.69) is 15.3 Å². The number of hydrogen-bond donors (Lipinski definition) is 0. The summed E-state index contributed by atoms with van der Waals surface area (Å²) in [5, 5.41) is 20.5. The molecule has 0 spiro atoms. The van der Waals surface area contributed by atoms with Crippen LogP contribution in [0.2, 0.25) is 0 Å². The van der Waals surface area contributed by atoms with Gasteiger partial charge in [0.05, 0.1) is 5.69 Å². The van der Waals surface area contributed by atoms with Crippen LogP contribution >= 0.6 is 0 Å². The molecule has 0 aliphatic carbocycles. The van der Waals surface area contributed by atoms with E-state index in [1.165, 1.54) is 0 Å². The molecule has 0 fully saturated rings. The fourth-order valence-corrected chi connectivity index (χ4v) is 1.54. The summed E-state index contributed by atoms with van der Waals surface area (Å²) in [6, 6.07) is 1.90. The second-order valence-corrected chi connectivity index (χ2v) is 3.87. The molecule has 2 aromatic rings. The van der Waals surface area contributed by atoms with E-state index in [0.717, 1.165) is 4.68 Å². The average Bonchev–Trinajstić information content (AvgIpc) is 2.73. The maximum atomic E-state index is 12.0. The lowest BCUT2D eigenvalue weighted by molar-refractivity contribution is 0.436. The van der Waals surface area contributed by atoms with Crippen molar-refractivity contribution < 1.29 is 4.42 Å². The number of nitriles is 1. The molecular weight excluding hydrogens is 234 g/mol. The van der Waals surface area contributed by atoms with E-state index >= 15 is 0 Å². The molecule has 0 bridgehead atoms. The molecule has 2 aromatic heterocycles. The van der Waals surface area contributed by atoms with Crippen LogP contribution in [0.4, 0.5) is 0 Å². The van der Waals surface area contributed by atoms with Gasteiger partial charge in [0, 0.05) is 6.92 Å². The molecule has 18 heavy (non-hydrogen) atoms. The summed E-state index contributed by atoms with van der Waals surface area (Å²) in [4.78, 5) is 12.0. The van der Waals surface area contributed by atoms with E-state index in [9.17, 15) is 4.79 Å². The van der Waals surface area contributed by atoms with Gasteiger partial charge >= 0.3 is 0 Å². The van der Waals surface area contributed by atoms with E-state index in [1.807, 2.05) is 6.07 Å². The first kappa shape index (κ1) is 12.0. The molecule has 7 nitrogen and oxygen atoms in total. The van der Waals surface area contributed by atoms with E-state index in [1.54, 1.807) is 20.8 Å². The van der Waals surface area contributed by atoms with E-state index in [-0.39, 0.29) is 18.0 Å². The van der Waals surface area contributed by atoms with Crippen molar-refractivity contribution in [2.45, 2.75) is 27.3 Å². The first-order valence-electron chi connectivity index (χ1n) is 5.30. The second kappa shape index (κ2) is 4.41. The third-order valence-corrected chi connectivity index (χ3v) is 2.60. The van der Waals surface area contributed by atoms with Gasteiger partial charge in [-0.15, -0.1) is 10.2 Å². The van der Waals surface area contributed by atoms with Crippen molar-refractivity contribution in [2.24, 2.45) is 0 Å². The maximum Gasteiger partial charge on any atom is 0.285 e. The van der Waals surface area contributed by atoms with Crippen molar-refractivity contribution in [1.29, 1.82) is 5.26 Å². The zero-order chi connectivity index (χ0) is 13.3. The molecule has 0 unspecified atom stereocenters. The molecule has 7 heteroatoms. The molecule has 0 saturated carbocycles. The van der Waals surface area contributed by atoms with Gasteiger partial charge < -0.3 is 4.42 Å². The third kappa shape index (κ3) is 2.00. The molecule has 0 amide bonds. The Morgan fingerprint density at radius 3 is 2.61 bits per heavy atom. The van der Waals surface area contributed by atoms with Crippen LogP contribution < -0.4 is 5.56 Å². The van der Waals surface area contributed by atoms with Gasteiger partial charge in [-0.2, -0.15) is 10.4 Å². The number of aryl methyl sites for hydroxylation is 2. The molecule has 0 aromatic carbocycles. The summed E-state index contributed by atoms with van der Waals surface area (Å²) in [6.07, 6.45) is 0. The van der Waals surface area contributed by atoms with Gasteiger partial charge in [-0.3, -0.25) is 4.79 Å². The minimum Gasteiger partial charge on any atom is -0.424 e. The number of aromatic nitrogens is 4. The molecular formula is C11H11N5O2. The fourth-order valence-electron chi connectivity index (χ4n) is 1.54. The normalized spacial score (nSPS) is 10.3. The maximum absolute atomic E-state index is 12.0. The highest BCUT2D eigenvalue weighted by molar-refractivity contribution is 5.36. The van der Waals surface area contributed by atoms with Crippen LogP contribution in [-0.4, -0.2) is 20.0 Å². The summed E-state index contributed by atoms with van der Waals surface area (Å²) in [5.41, 5.74) is 0.873. The average molecular weight is 245 g/mol. The van der Waals surface area contributed by atoms with Gasteiger partial charge in [0.15, 0.2) is 0 Å². The van der Waals surface area contributed by atoms with Crippen LogP contribution in [0, 0.1) is 32.1 Å². The second-order valence-electron chi connectivity index (χ2n) is 3.87. The highest BCUT2D eigenvalue weighted by atomic mass is 16.4. The van der Waals surface area contributed by atoms with E-state index in [4.69, 9.17) is 9.68 Å². The van der Waals surface area contributed by atoms with E-state index < -0.39 is 5.56 Å². The van der Waals surface area contributed by atoms with Crippen LogP contribution in [0.1, 0.15) is 28.6 Å². The fraction of sp³-hybridized carbons (Fsp3) is 0.364. The number of rotatable bonds is 2. The standard InChI is InChI=1S/C11H11N5O2/c1-6-7(2)15-16(11(17)9(6)4-12)5-10-14-13-8(3)18-10/h5H2,1-3H3. The first-order chi connectivity index (χ1) is 8.52. The lowest BCUT2D eigenvalue weighted by Crippen LogP contribution is -2.28. The molecule has 0 aliphatic rings. The Morgan fingerprint density at radius 2 is 2.06 bits per heavy atom. The lowest BCUT2D eigenvalue weighted by atomic mass is 10.1. The number of nitrogens with zero attached hydrogens (tertiary/aromatic N) is 5. The molecule has 0 N–H and O–H groups in total. The Balaban J connectivity index is 2.50. The highest BCUT2D eigenvalue weighted by Crippen LogP contribution is 2.06. The van der Waals surface area contributed by atoms with Crippen LogP contribution in [-0.2, 0) is 6.54 Å². The van der Waals surface area contributed by atoms with Gasteiger partial charge in [-0.25, -0.2) is 4.68 Å². The quantitative estimate of drug-likeness (QED) is 0.762. The van der Waals surface area contributed by atoms with Crippen molar-refractivity contribution in [1.82, 2.24) is 20.0 Å². The largest absolute Gasteiger partial charge is 0.424 e. The van der Waals surface area contributed by atoms with Gasteiger partial charge in [-0.05, 0) is 19.4 Å². The Bertz CT molecular complexity index is 692. The molecule has 2 rings (SSSR count). The third-order valence-electron chi connectivity index (χ3n) is 2.60. The predicted molar refractivity (Wildman–Crippen MR) is 60.8 cm³/mol. The minimum absolute atomic E-state index is 0.0650. The lowest BCUT2D eigenvalue weighted by Gasteiger charge is -2.06. The minimum atomic E-state index is -0.448. The summed E-state index contributed by atoms with van der Waals surface area (Å²) in [5.74, 6) is 0.705. The monoisotopic (exact) mass is 245 g/mol. The molecule has 0 aliphatic heterocycles. The molecule has 0 radical (unpaired) electrons. The van der Waals surface area contributed by atoms with E-state index in [0.29, 0.717) is 17.1 Å². The SMILES string of the molecule is Cc1nnc(Cn2nc(C)c(C)c(C#N)c2=O)o1. The summed E-state index contributed by atoms with van der Waals surface area (Å²) >= 11 is 0. The zero-order valence-electron chi connectivity index (χ0n) is 10.3. The van der Waals surface area contributed by atoms with Gasteiger partial charge in [-0.1, -0.05) is 0 Å². The molecule has 2 heterocycles.